The van der Waals surface area contributed by atoms with Gasteiger partial charge >= 0.3 is 0 Å². The highest BCUT2D eigenvalue weighted by atomic mass is 16.5. The van der Waals surface area contributed by atoms with Gasteiger partial charge in [0.05, 0.1) is 6.04 Å². The second kappa shape index (κ2) is 11.6. The fourth-order valence-corrected chi connectivity index (χ4v) is 5.36. The number of hydrogen-bond donors (Lipinski definition) is 2. The van der Waals surface area contributed by atoms with E-state index in [1.165, 1.54) is 0 Å². The summed E-state index contributed by atoms with van der Waals surface area (Å²) in [5.41, 5.74) is 7.71. The molecule has 2 aliphatic rings. The molecular formula is C28H36N4O4. The molecule has 4 rings (SSSR count). The molecule has 0 bridgehead atoms. The Bertz CT molecular complexity index is 1080. The summed E-state index contributed by atoms with van der Waals surface area (Å²) >= 11 is 0. The lowest BCUT2D eigenvalue weighted by Crippen LogP contribution is -2.49. The Morgan fingerprint density at radius 1 is 1.00 bits per heavy atom. The number of ether oxygens (including phenoxy) is 1. The van der Waals surface area contributed by atoms with Crippen molar-refractivity contribution in [2.75, 3.05) is 18.5 Å². The second-order valence-corrected chi connectivity index (χ2v) is 9.93. The van der Waals surface area contributed by atoms with Crippen molar-refractivity contribution in [2.24, 2.45) is 5.73 Å². The average Bonchev–Trinajstić information content (AvgIpc) is 3.31. The van der Waals surface area contributed by atoms with Gasteiger partial charge < -0.3 is 20.7 Å². The van der Waals surface area contributed by atoms with E-state index in [0.717, 1.165) is 44.2 Å². The van der Waals surface area contributed by atoms with Crippen LogP contribution in [0, 0.1) is 0 Å². The van der Waals surface area contributed by atoms with E-state index in [1.54, 1.807) is 24.3 Å². The Morgan fingerprint density at radius 2 is 1.72 bits per heavy atom. The van der Waals surface area contributed by atoms with Crippen molar-refractivity contribution < 1.29 is 19.1 Å². The summed E-state index contributed by atoms with van der Waals surface area (Å²) in [6.45, 7) is 5.60. The Kier molecular flexibility index (Phi) is 8.25. The maximum atomic E-state index is 12.8. The molecule has 3 unspecified atom stereocenters. The SMILES string of the molecule is CC1CCCC(C)N1C(=O)COc1ccc(C(=O)Nc2cccc(CN3CCCC3C(N)=O)c2)cc1. The molecule has 2 fully saturated rings. The molecule has 0 radical (unpaired) electrons. The van der Waals surface area contributed by atoms with Crippen LogP contribution in [0.4, 0.5) is 5.69 Å². The van der Waals surface area contributed by atoms with E-state index in [4.69, 9.17) is 10.5 Å². The number of rotatable bonds is 8. The molecule has 2 heterocycles. The molecule has 3 atom stereocenters. The normalized spacial score (nSPS) is 22.3. The van der Waals surface area contributed by atoms with Crippen LogP contribution in [-0.4, -0.2) is 58.8 Å². The van der Waals surface area contributed by atoms with Crippen LogP contribution >= 0.6 is 0 Å². The molecule has 36 heavy (non-hydrogen) atoms. The van der Waals surface area contributed by atoms with Crippen molar-refractivity contribution in [3.8, 4) is 5.75 Å². The zero-order chi connectivity index (χ0) is 25.7. The van der Waals surface area contributed by atoms with Gasteiger partial charge in [0.1, 0.15) is 5.75 Å². The minimum absolute atomic E-state index is 0.00696. The van der Waals surface area contributed by atoms with Crippen LogP contribution in [0.5, 0.6) is 5.75 Å². The fraction of sp³-hybridized carbons (Fsp3) is 0.464. The van der Waals surface area contributed by atoms with Gasteiger partial charge in [0.15, 0.2) is 6.61 Å². The van der Waals surface area contributed by atoms with E-state index in [-0.39, 0.29) is 42.5 Å². The first-order chi connectivity index (χ1) is 17.3. The third kappa shape index (κ3) is 6.23. The van der Waals surface area contributed by atoms with Crippen molar-refractivity contribution in [3.05, 3.63) is 59.7 Å². The van der Waals surface area contributed by atoms with E-state index in [9.17, 15) is 14.4 Å². The van der Waals surface area contributed by atoms with Gasteiger partial charge in [-0.05, 0) is 94.5 Å². The molecule has 3 N–H and O–H groups in total. The first-order valence-electron chi connectivity index (χ1n) is 12.8. The molecule has 0 aliphatic carbocycles. The fourth-order valence-electron chi connectivity index (χ4n) is 5.36. The molecule has 2 aromatic rings. The van der Waals surface area contributed by atoms with Crippen molar-refractivity contribution in [2.45, 2.75) is 70.6 Å². The monoisotopic (exact) mass is 492 g/mol. The number of anilines is 1. The van der Waals surface area contributed by atoms with Gasteiger partial charge in [-0.3, -0.25) is 19.3 Å². The number of primary amides is 1. The summed E-state index contributed by atoms with van der Waals surface area (Å²) in [5, 5.41) is 2.93. The number of hydrogen-bond acceptors (Lipinski definition) is 5. The summed E-state index contributed by atoms with van der Waals surface area (Å²) in [6, 6.07) is 14.6. The highest BCUT2D eigenvalue weighted by molar-refractivity contribution is 6.04. The first-order valence-corrected chi connectivity index (χ1v) is 12.8. The minimum atomic E-state index is -0.288. The largest absolute Gasteiger partial charge is 0.484 e. The summed E-state index contributed by atoms with van der Waals surface area (Å²) in [7, 11) is 0. The van der Waals surface area contributed by atoms with Gasteiger partial charge in [-0.2, -0.15) is 0 Å². The number of benzene rings is 2. The van der Waals surface area contributed by atoms with Crippen molar-refractivity contribution in [1.82, 2.24) is 9.80 Å². The Labute approximate surface area is 212 Å². The molecule has 3 amide bonds. The molecular weight excluding hydrogens is 456 g/mol. The number of nitrogens with one attached hydrogen (secondary N) is 1. The molecule has 0 aromatic heterocycles. The van der Waals surface area contributed by atoms with Crippen LogP contribution < -0.4 is 15.8 Å². The molecule has 2 saturated heterocycles. The van der Waals surface area contributed by atoms with Crippen LogP contribution in [0.1, 0.15) is 61.9 Å². The van der Waals surface area contributed by atoms with Crippen LogP contribution in [0.15, 0.2) is 48.5 Å². The van der Waals surface area contributed by atoms with Crippen LogP contribution in [0.3, 0.4) is 0 Å². The highest BCUT2D eigenvalue weighted by Gasteiger charge is 2.30. The number of likely N-dealkylation sites (tertiary alicyclic amines) is 2. The summed E-state index contributed by atoms with van der Waals surface area (Å²) in [6.07, 6.45) is 4.93. The van der Waals surface area contributed by atoms with E-state index in [1.807, 2.05) is 29.2 Å². The standard InChI is InChI=1S/C28H36N4O4/c1-19-6-3-7-20(2)32(19)26(33)18-36-24-13-11-22(12-14-24)28(35)30-23-9-4-8-21(16-23)17-31-15-5-10-25(31)27(29)34/h4,8-9,11-14,16,19-20,25H,3,5-7,10,15,17-18H2,1-2H3,(H2,29,34)(H,30,35). The summed E-state index contributed by atoms with van der Waals surface area (Å²) in [4.78, 5) is 41.1. The van der Waals surface area contributed by atoms with Gasteiger partial charge in [-0.25, -0.2) is 0 Å². The van der Waals surface area contributed by atoms with Gasteiger partial charge in [0.25, 0.3) is 11.8 Å². The van der Waals surface area contributed by atoms with Crippen molar-refractivity contribution in [3.63, 3.8) is 0 Å². The average molecular weight is 493 g/mol. The maximum Gasteiger partial charge on any atom is 0.260 e. The lowest BCUT2D eigenvalue weighted by atomic mass is 9.97. The van der Waals surface area contributed by atoms with Crippen LogP contribution in [-0.2, 0) is 16.1 Å². The number of piperidine rings is 1. The predicted molar refractivity (Wildman–Crippen MR) is 139 cm³/mol. The highest BCUT2D eigenvalue weighted by Crippen LogP contribution is 2.24. The molecule has 8 nitrogen and oxygen atoms in total. The molecule has 8 heteroatoms. The lowest BCUT2D eigenvalue weighted by Gasteiger charge is -2.38. The third-order valence-corrected chi connectivity index (χ3v) is 7.22. The number of carbonyl (C=O) groups excluding carboxylic acids is 3. The Morgan fingerprint density at radius 3 is 2.42 bits per heavy atom. The van der Waals surface area contributed by atoms with Crippen LogP contribution in [0.25, 0.3) is 0 Å². The molecule has 2 aliphatic heterocycles. The topological polar surface area (TPSA) is 105 Å². The smallest absolute Gasteiger partial charge is 0.260 e. The van der Waals surface area contributed by atoms with E-state index >= 15 is 0 Å². The number of nitrogens with zero attached hydrogens (tertiary/aromatic N) is 2. The Hall–Kier alpha value is -3.39. The number of nitrogens with two attached hydrogens (primary N) is 1. The predicted octanol–water partition coefficient (Wildman–Crippen LogP) is 3.56. The van der Waals surface area contributed by atoms with E-state index < -0.39 is 0 Å². The van der Waals surface area contributed by atoms with Crippen molar-refractivity contribution in [1.29, 1.82) is 0 Å². The first kappa shape index (κ1) is 25.7. The van der Waals surface area contributed by atoms with Gasteiger partial charge in [0, 0.05) is 29.9 Å². The zero-order valence-corrected chi connectivity index (χ0v) is 21.1. The molecule has 192 valence electrons. The van der Waals surface area contributed by atoms with Gasteiger partial charge in [-0.1, -0.05) is 12.1 Å². The van der Waals surface area contributed by atoms with E-state index in [2.05, 4.69) is 24.1 Å². The van der Waals surface area contributed by atoms with E-state index in [0.29, 0.717) is 23.5 Å². The minimum Gasteiger partial charge on any atom is -0.484 e. The van der Waals surface area contributed by atoms with Crippen LogP contribution in [0.2, 0.25) is 0 Å². The van der Waals surface area contributed by atoms with Crippen molar-refractivity contribution >= 4 is 23.4 Å². The number of amides is 3. The quantitative estimate of drug-likeness (QED) is 0.586. The zero-order valence-electron chi connectivity index (χ0n) is 21.1. The molecule has 0 saturated carbocycles. The number of carbonyl (C=O) groups is 3. The summed E-state index contributed by atoms with van der Waals surface area (Å²) < 4.78 is 5.71. The Balaban J connectivity index is 1.31. The molecule has 2 aromatic carbocycles. The molecule has 0 spiro atoms. The lowest BCUT2D eigenvalue weighted by molar-refractivity contribution is -0.139. The summed E-state index contributed by atoms with van der Waals surface area (Å²) in [5.74, 6) is 0.0209. The third-order valence-electron chi connectivity index (χ3n) is 7.22. The second-order valence-electron chi connectivity index (χ2n) is 9.93. The van der Waals surface area contributed by atoms with Gasteiger partial charge in [0.2, 0.25) is 5.91 Å². The van der Waals surface area contributed by atoms with Gasteiger partial charge in [-0.15, -0.1) is 0 Å². The maximum absolute atomic E-state index is 12.8.